The molecule has 0 aromatic heterocycles. The van der Waals surface area contributed by atoms with Gasteiger partial charge in [-0.3, -0.25) is 0 Å². The van der Waals surface area contributed by atoms with Crippen LogP contribution < -0.4 is 0 Å². The van der Waals surface area contributed by atoms with E-state index in [1.165, 1.54) is 97.1 Å². The summed E-state index contributed by atoms with van der Waals surface area (Å²) < 4.78 is 115. The van der Waals surface area contributed by atoms with Crippen molar-refractivity contribution in [2.24, 2.45) is 0 Å². The fourth-order valence-corrected chi connectivity index (χ4v) is 12.7. The summed E-state index contributed by atoms with van der Waals surface area (Å²) in [6.45, 7) is 0. The predicted molar refractivity (Wildman–Crippen MR) is 391 cm³/mol. The van der Waals surface area contributed by atoms with Gasteiger partial charge in [-0.2, -0.15) is 0 Å². The maximum atomic E-state index is 14.9. The van der Waals surface area contributed by atoms with Crippen molar-refractivity contribution in [3.05, 3.63) is 464 Å². The van der Waals surface area contributed by atoms with Crippen LogP contribution in [0.5, 0.6) is 0 Å². The third-order valence-electron chi connectivity index (χ3n) is 17.8. The highest BCUT2D eigenvalue weighted by Crippen LogP contribution is 2.42. The zero-order valence-corrected chi connectivity index (χ0v) is 53.5. The molecule has 0 amide bonds. The lowest BCUT2D eigenvalue weighted by Crippen LogP contribution is -1.99. The monoisotopic (exact) mass is 1310 g/mol. The van der Waals surface area contributed by atoms with Gasteiger partial charge >= 0.3 is 0 Å². The molecule has 0 saturated carbocycles. The van der Waals surface area contributed by atoms with Crippen molar-refractivity contribution < 1.29 is 35.1 Å². The molecule has 0 aliphatic rings. The van der Waals surface area contributed by atoms with Crippen LogP contribution in [0.15, 0.2) is 340 Å². The second-order valence-corrected chi connectivity index (χ2v) is 24.2. The number of rotatable bonds is 17. The second-order valence-electron chi connectivity index (χ2n) is 24.2. The van der Waals surface area contributed by atoms with Gasteiger partial charge in [0.05, 0.1) is 0 Å². The third kappa shape index (κ3) is 14.7. The molecule has 482 valence electrons. The lowest BCUT2D eigenvalue weighted by Gasteiger charge is -2.19. The molecule has 8 heteroatoms. The molecule has 0 spiro atoms. The van der Waals surface area contributed by atoms with Gasteiger partial charge in [0, 0.05) is 0 Å². The number of halogens is 8. The smallest absolute Gasteiger partial charge is 0.123 e. The van der Waals surface area contributed by atoms with E-state index in [1.54, 1.807) is 97.1 Å². The van der Waals surface area contributed by atoms with Crippen LogP contribution in [-0.4, -0.2) is 0 Å². The van der Waals surface area contributed by atoms with Crippen molar-refractivity contribution in [1.82, 2.24) is 0 Å². The summed E-state index contributed by atoms with van der Waals surface area (Å²) >= 11 is 0. The van der Waals surface area contributed by atoms with Crippen molar-refractivity contribution in [2.75, 3.05) is 0 Å². The molecule has 0 saturated heterocycles. The molecule has 14 aromatic rings. The Kier molecular flexibility index (Phi) is 18.8. The Bertz CT molecular complexity index is 4970. The lowest BCUT2D eigenvalue weighted by molar-refractivity contribution is 0.627. The minimum absolute atomic E-state index is 0.344. The summed E-state index contributed by atoms with van der Waals surface area (Å²) in [6, 6.07) is 98.8. The van der Waals surface area contributed by atoms with Crippen LogP contribution in [0.2, 0.25) is 0 Å². The zero-order valence-electron chi connectivity index (χ0n) is 53.5. The molecular formula is C92H58F8. The van der Waals surface area contributed by atoms with Gasteiger partial charge in [0.1, 0.15) is 46.5 Å². The molecule has 0 N–H and O–H groups in total. The van der Waals surface area contributed by atoms with Crippen LogP contribution in [0.25, 0.3) is 79.0 Å². The maximum Gasteiger partial charge on any atom is 0.123 e. The van der Waals surface area contributed by atoms with Gasteiger partial charge in [0.15, 0.2) is 0 Å². The first-order valence-corrected chi connectivity index (χ1v) is 32.4. The van der Waals surface area contributed by atoms with Gasteiger partial charge in [-0.25, -0.2) is 35.1 Å². The Labute approximate surface area is 575 Å². The summed E-state index contributed by atoms with van der Waals surface area (Å²) in [6.07, 6.45) is 3.90. The first-order chi connectivity index (χ1) is 48.8. The van der Waals surface area contributed by atoms with E-state index < -0.39 is 23.3 Å². The Morgan fingerprint density at radius 1 is 0.140 bits per heavy atom. The van der Waals surface area contributed by atoms with Crippen molar-refractivity contribution in [3.63, 3.8) is 0 Å². The molecule has 0 radical (unpaired) electrons. The standard InChI is InChI=1S/C92H58F8/c93-79-41-1-59(2-42-79)57-87(69-29-45-81(95)46-30-69)67-17-5-61(6-18-67)63-9-21-71(22-10-63)89(75-33-49-83(97)50-34-75)91(77-37-53-85(99)54-38-77)73-25-13-65(14-26-73)66-15-27-74(28-16-66)92(78-39-55-86(100)56-40-78)90(76-35-51-84(98)52-36-76)72-23-11-64(12-24-72)62-7-19-68(20-8-62)88(70-31-47-82(96)48-32-70)58-60-3-43-80(94)44-4-60/h1-58H/b87-57-,88-58-,91-89+,92-90+. The van der Waals surface area contributed by atoms with Gasteiger partial charge < -0.3 is 0 Å². The van der Waals surface area contributed by atoms with E-state index in [4.69, 9.17) is 0 Å². The van der Waals surface area contributed by atoms with E-state index in [0.29, 0.717) is 0 Å². The van der Waals surface area contributed by atoms with Crippen LogP contribution in [0.3, 0.4) is 0 Å². The highest BCUT2D eigenvalue weighted by molar-refractivity contribution is 6.06. The molecule has 14 rings (SSSR count). The van der Waals surface area contributed by atoms with Crippen molar-refractivity contribution in [3.8, 4) is 33.4 Å². The molecule has 0 bridgehead atoms. The van der Waals surface area contributed by atoms with Gasteiger partial charge in [-0.1, -0.05) is 243 Å². The number of hydrogen-bond acceptors (Lipinski definition) is 0. The summed E-state index contributed by atoms with van der Waals surface area (Å²) in [7, 11) is 0. The minimum atomic E-state index is -0.398. The zero-order chi connectivity index (χ0) is 68.6. The first-order valence-electron chi connectivity index (χ1n) is 32.4. The fourth-order valence-electron chi connectivity index (χ4n) is 12.7. The Morgan fingerprint density at radius 2 is 0.260 bits per heavy atom. The largest absolute Gasteiger partial charge is 0.207 e. The van der Waals surface area contributed by atoms with E-state index in [2.05, 4.69) is 0 Å². The summed E-state index contributed by atoms with van der Waals surface area (Å²) in [5.41, 5.74) is 21.4. The van der Waals surface area contributed by atoms with Gasteiger partial charge in [0.25, 0.3) is 0 Å². The SMILES string of the molecule is Fc1ccc(/C=C(\c2ccc(F)cc2)c2ccc(-c3ccc(/C(=C(\c4ccc(F)cc4)c4ccc(-c5ccc(/C(=C(\c6ccc(F)cc6)c6ccc(-c7ccc(/C(=C/c8ccc(F)cc8)c8ccc(F)cc8)cc7)cc6)c6ccc(F)cc6)cc5)cc4)c4ccc(F)cc4)cc3)cc2)cc1. The summed E-state index contributed by atoms with van der Waals surface area (Å²) in [4.78, 5) is 0. The van der Waals surface area contributed by atoms with Crippen molar-refractivity contribution >= 4 is 45.6 Å². The van der Waals surface area contributed by atoms with Gasteiger partial charge in [0.2, 0.25) is 0 Å². The molecule has 0 heterocycles. The topological polar surface area (TPSA) is 0 Å². The summed E-state index contributed by atoms with van der Waals surface area (Å²) in [5, 5.41) is 0. The molecule has 14 aromatic carbocycles. The van der Waals surface area contributed by atoms with Crippen LogP contribution in [0.1, 0.15) is 77.9 Å². The third-order valence-corrected chi connectivity index (χ3v) is 17.8. The molecule has 0 nitrogen and oxygen atoms in total. The first kappa shape index (κ1) is 64.8. The van der Waals surface area contributed by atoms with E-state index in [1.807, 2.05) is 158 Å². The molecule has 0 atom stereocenters. The minimum Gasteiger partial charge on any atom is -0.207 e. The van der Waals surface area contributed by atoms with E-state index in [-0.39, 0.29) is 23.3 Å². The molecule has 0 aliphatic carbocycles. The lowest BCUT2D eigenvalue weighted by atomic mass is 9.84. The maximum absolute atomic E-state index is 14.9. The summed E-state index contributed by atoms with van der Waals surface area (Å²) in [5.74, 6) is -2.98. The average Bonchev–Trinajstić information content (AvgIpc) is 0.774. The van der Waals surface area contributed by atoms with Crippen molar-refractivity contribution in [1.29, 1.82) is 0 Å². The molecular weight excluding hydrogens is 1260 g/mol. The van der Waals surface area contributed by atoms with Crippen LogP contribution in [0.4, 0.5) is 35.1 Å². The molecule has 0 aliphatic heterocycles. The second kappa shape index (κ2) is 29.1. The van der Waals surface area contributed by atoms with Gasteiger partial charge in [-0.05, 0) is 254 Å². The Balaban J connectivity index is 0.800. The number of benzene rings is 14. The van der Waals surface area contributed by atoms with Crippen molar-refractivity contribution in [2.45, 2.75) is 0 Å². The predicted octanol–water partition coefficient (Wildman–Crippen LogP) is 25.0. The molecule has 100 heavy (non-hydrogen) atoms. The normalized spacial score (nSPS) is 12.2. The average molecular weight is 1320 g/mol. The van der Waals surface area contributed by atoms with Crippen LogP contribution >= 0.6 is 0 Å². The number of hydrogen-bond donors (Lipinski definition) is 0. The molecule has 0 fully saturated rings. The van der Waals surface area contributed by atoms with E-state index in [9.17, 15) is 35.1 Å². The highest BCUT2D eigenvalue weighted by Gasteiger charge is 2.21. The van der Waals surface area contributed by atoms with Crippen LogP contribution in [0, 0.1) is 46.5 Å². The van der Waals surface area contributed by atoms with E-state index in [0.717, 1.165) is 145 Å². The van der Waals surface area contributed by atoms with Gasteiger partial charge in [-0.15, -0.1) is 0 Å². The highest BCUT2D eigenvalue weighted by atomic mass is 19.2. The van der Waals surface area contributed by atoms with E-state index >= 15 is 0 Å². The Hall–Kier alpha value is -12.5. The quantitative estimate of drug-likeness (QED) is 0.0630. The van der Waals surface area contributed by atoms with Crippen LogP contribution in [-0.2, 0) is 0 Å². The Morgan fingerprint density at radius 3 is 0.420 bits per heavy atom. The fraction of sp³-hybridized carbons (Fsp3) is 0. The molecule has 0 unspecified atom stereocenters.